The molecule has 0 bridgehead atoms. The third-order valence-corrected chi connectivity index (χ3v) is 6.01. The molecule has 6 heteroatoms. The van der Waals surface area contributed by atoms with Crippen molar-refractivity contribution in [3.63, 3.8) is 0 Å². The number of amides is 1. The second kappa shape index (κ2) is 6.85. The summed E-state index contributed by atoms with van der Waals surface area (Å²) in [6.45, 7) is 5.80. The van der Waals surface area contributed by atoms with Gasteiger partial charge in [-0.3, -0.25) is 9.69 Å². The van der Waals surface area contributed by atoms with Crippen molar-refractivity contribution in [3.8, 4) is 11.1 Å². The van der Waals surface area contributed by atoms with Gasteiger partial charge in [-0.2, -0.15) is 0 Å². The molecule has 0 aliphatic carbocycles. The van der Waals surface area contributed by atoms with Gasteiger partial charge >= 0.3 is 0 Å². The quantitative estimate of drug-likeness (QED) is 0.626. The minimum atomic E-state index is -0.278. The lowest BCUT2D eigenvalue weighted by Gasteiger charge is -2.26. The molecule has 0 radical (unpaired) electrons. The van der Waals surface area contributed by atoms with Crippen LogP contribution >= 0.6 is 11.8 Å². The van der Waals surface area contributed by atoms with Crippen molar-refractivity contribution in [2.24, 2.45) is 0 Å². The molecule has 1 atom stereocenters. The van der Waals surface area contributed by atoms with Gasteiger partial charge in [0.2, 0.25) is 5.91 Å². The fraction of sp³-hybridized carbons (Fsp3) is 0.238. The zero-order chi connectivity index (χ0) is 19.1. The largest absolute Gasteiger partial charge is 0.361 e. The van der Waals surface area contributed by atoms with Crippen molar-refractivity contribution >= 4 is 23.4 Å². The van der Waals surface area contributed by atoms with Crippen molar-refractivity contribution in [1.82, 2.24) is 5.16 Å². The molecule has 4 rings (SSSR count). The Bertz CT molecular complexity index is 994. The van der Waals surface area contributed by atoms with Gasteiger partial charge in [-0.15, -0.1) is 11.8 Å². The minimum Gasteiger partial charge on any atom is -0.361 e. The number of benzene rings is 2. The standard InChI is InChI=1S/C21H19FN2O2S/c1-12-10-16(20-13(2)23-26-14(20)3)6-9-18(12)24-19(25)11-27-21(24)15-4-7-17(22)8-5-15/h4-10,21H,11H2,1-3H3. The van der Waals surface area contributed by atoms with E-state index in [4.69, 9.17) is 4.52 Å². The summed E-state index contributed by atoms with van der Waals surface area (Å²) in [6.07, 6.45) is 0. The third kappa shape index (κ3) is 3.14. The average Bonchev–Trinajstić information content (AvgIpc) is 3.18. The van der Waals surface area contributed by atoms with Crippen LogP contribution in [0.3, 0.4) is 0 Å². The van der Waals surface area contributed by atoms with E-state index < -0.39 is 0 Å². The number of rotatable bonds is 3. The zero-order valence-corrected chi connectivity index (χ0v) is 16.1. The molecule has 1 amide bonds. The van der Waals surface area contributed by atoms with Gasteiger partial charge in [-0.1, -0.05) is 23.4 Å². The number of carbonyl (C=O) groups excluding carboxylic acids is 1. The van der Waals surface area contributed by atoms with Gasteiger partial charge in [0.15, 0.2) is 0 Å². The van der Waals surface area contributed by atoms with Crippen molar-refractivity contribution in [2.75, 3.05) is 10.7 Å². The van der Waals surface area contributed by atoms with Crippen LogP contribution in [0.2, 0.25) is 0 Å². The van der Waals surface area contributed by atoms with Gasteiger partial charge in [0.25, 0.3) is 0 Å². The number of thioether (sulfide) groups is 1. The molecule has 1 fully saturated rings. The Morgan fingerprint density at radius 2 is 1.89 bits per heavy atom. The van der Waals surface area contributed by atoms with E-state index >= 15 is 0 Å². The minimum absolute atomic E-state index is 0.0579. The lowest BCUT2D eigenvalue weighted by molar-refractivity contribution is -0.115. The number of halogens is 1. The third-order valence-electron chi connectivity index (χ3n) is 4.80. The van der Waals surface area contributed by atoms with Crippen LogP contribution in [0.15, 0.2) is 47.0 Å². The Morgan fingerprint density at radius 1 is 1.15 bits per heavy atom. The molecule has 1 aromatic heterocycles. The molecule has 0 saturated carbocycles. The summed E-state index contributed by atoms with van der Waals surface area (Å²) in [4.78, 5) is 14.4. The maximum atomic E-state index is 13.3. The number of anilines is 1. The SMILES string of the molecule is Cc1cc(-c2c(C)noc2C)ccc1N1C(=O)CSC1c1ccc(F)cc1. The highest BCUT2D eigenvalue weighted by molar-refractivity contribution is 8.00. The second-order valence-corrected chi connectivity index (χ2v) is 7.75. The monoisotopic (exact) mass is 382 g/mol. The molecule has 2 heterocycles. The average molecular weight is 382 g/mol. The summed E-state index contributed by atoms with van der Waals surface area (Å²) in [6, 6.07) is 12.4. The molecular weight excluding hydrogens is 363 g/mol. The fourth-order valence-electron chi connectivity index (χ4n) is 3.53. The molecule has 138 valence electrons. The predicted octanol–water partition coefficient (Wildman–Crippen LogP) is 5.18. The summed E-state index contributed by atoms with van der Waals surface area (Å²) in [5.74, 6) is 0.964. The van der Waals surface area contributed by atoms with Crippen molar-refractivity contribution in [2.45, 2.75) is 26.1 Å². The Morgan fingerprint density at radius 3 is 2.52 bits per heavy atom. The molecule has 3 aromatic rings. The lowest BCUT2D eigenvalue weighted by Crippen LogP contribution is -2.28. The molecule has 1 unspecified atom stereocenters. The van der Waals surface area contributed by atoms with Crippen LogP contribution in [-0.4, -0.2) is 16.8 Å². The summed E-state index contributed by atoms with van der Waals surface area (Å²) in [5.41, 5.74) is 5.63. The Balaban J connectivity index is 1.73. The van der Waals surface area contributed by atoms with Gasteiger partial charge in [0, 0.05) is 11.3 Å². The number of hydrogen-bond donors (Lipinski definition) is 0. The van der Waals surface area contributed by atoms with Gasteiger partial charge in [0.05, 0.1) is 11.4 Å². The Hall–Kier alpha value is -2.60. The van der Waals surface area contributed by atoms with Crippen molar-refractivity contribution in [1.29, 1.82) is 0 Å². The molecular formula is C21H19FN2O2S. The molecule has 1 aliphatic rings. The van der Waals surface area contributed by atoms with Gasteiger partial charge in [0.1, 0.15) is 17.0 Å². The first kappa shape index (κ1) is 17.8. The van der Waals surface area contributed by atoms with Crippen LogP contribution in [-0.2, 0) is 4.79 Å². The molecule has 1 aliphatic heterocycles. The Labute approximate surface area is 161 Å². The number of aromatic nitrogens is 1. The van der Waals surface area contributed by atoms with Crippen LogP contribution in [0.1, 0.15) is 28.0 Å². The van der Waals surface area contributed by atoms with Crippen molar-refractivity contribution in [3.05, 3.63) is 70.9 Å². The van der Waals surface area contributed by atoms with Crippen LogP contribution in [0.5, 0.6) is 0 Å². The maximum absolute atomic E-state index is 13.3. The summed E-state index contributed by atoms with van der Waals surface area (Å²) in [7, 11) is 0. The molecule has 0 N–H and O–H groups in total. The van der Waals surface area contributed by atoms with Gasteiger partial charge in [-0.25, -0.2) is 4.39 Å². The van der Waals surface area contributed by atoms with E-state index in [9.17, 15) is 9.18 Å². The number of hydrogen-bond acceptors (Lipinski definition) is 4. The molecule has 4 nitrogen and oxygen atoms in total. The smallest absolute Gasteiger partial charge is 0.238 e. The summed E-state index contributed by atoms with van der Waals surface area (Å²) < 4.78 is 18.6. The first-order valence-electron chi connectivity index (χ1n) is 8.68. The predicted molar refractivity (Wildman–Crippen MR) is 105 cm³/mol. The van der Waals surface area contributed by atoms with Gasteiger partial charge < -0.3 is 4.52 Å². The highest BCUT2D eigenvalue weighted by Crippen LogP contribution is 2.43. The van der Waals surface area contributed by atoms with E-state index in [0.717, 1.165) is 39.4 Å². The van der Waals surface area contributed by atoms with E-state index in [1.54, 1.807) is 23.9 Å². The van der Waals surface area contributed by atoms with E-state index in [2.05, 4.69) is 11.2 Å². The Kier molecular flexibility index (Phi) is 4.52. The molecule has 2 aromatic carbocycles. The maximum Gasteiger partial charge on any atom is 0.238 e. The van der Waals surface area contributed by atoms with Crippen LogP contribution in [0.25, 0.3) is 11.1 Å². The molecule has 1 saturated heterocycles. The van der Waals surface area contributed by atoms with Crippen LogP contribution in [0.4, 0.5) is 10.1 Å². The van der Waals surface area contributed by atoms with Crippen molar-refractivity contribution < 1.29 is 13.7 Å². The van der Waals surface area contributed by atoms with E-state index in [0.29, 0.717) is 5.75 Å². The number of nitrogens with zero attached hydrogens (tertiary/aromatic N) is 2. The second-order valence-electron chi connectivity index (χ2n) is 6.68. The topological polar surface area (TPSA) is 46.3 Å². The fourth-order valence-corrected chi connectivity index (χ4v) is 4.70. The first-order valence-corrected chi connectivity index (χ1v) is 9.73. The normalized spacial score (nSPS) is 17.0. The summed E-state index contributed by atoms with van der Waals surface area (Å²) >= 11 is 1.56. The van der Waals surface area contributed by atoms with E-state index in [1.807, 2.05) is 37.8 Å². The summed E-state index contributed by atoms with van der Waals surface area (Å²) in [5, 5.41) is 3.87. The van der Waals surface area contributed by atoms with Crippen LogP contribution < -0.4 is 4.90 Å². The van der Waals surface area contributed by atoms with E-state index in [-0.39, 0.29) is 17.1 Å². The molecule has 0 spiro atoms. The highest BCUT2D eigenvalue weighted by atomic mass is 32.2. The zero-order valence-electron chi connectivity index (χ0n) is 15.3. The highest BCUT2D eigenvalue weighted by Gasteiger charge is 2.34. The molecule has 27 heavy (non-hydrogen) atoms. The number of carbonyl (C=O) groups is 1. The lowest BCUT2D eigenvalue weighted by atomic mass is 10.0. The van der Waals surface area contributed by atoms with Gasteiger partial charge in [-0.05, 0) is 61.7 Å². The first-order chi connectivity index (χ1) is 13.0. The number of aryl methyl sites for hydroxylation is 3. The van der Waals surface area contributed by atoms with Crippen LogP contribution in [0, 0.1) is 26.6 Å². The van der Waals surface area contributed by atoms with E-state index in [1.165, 1.54) is 12.1 Å².